The average molecular weight is 506 g/mol. The Morgan fingerprint density at radius 2 is 1.97 bits per heavy atom. The highest BCUT2D eigenvalue weighted by atomic mass is 35.5. The number of rotatable bonds is 12. The molecule has 0 aliphatic carbocycles. The van der Waals surface area contributed by atoms with E-state index >= 15 is 0 Å². The number of nitrogens with zero attached hydrogens (tertiary/aromatic N) is 2. The van der Waals surface area contributed by atoms with Crippen molar-refractivity contribution >= 4 is 39.4 Å². The van der Waals surface area contributed by atoms with Crippen LogP contribution in [0.5, 0.6) is 5.88 Å². The van der Waals surface area contributed by atoms with E-state index in [9.17, 15) is 13.2 Å². The molecule has 0 spiro atoms. The number of aromatic nitrogens is 2. The summed E-state index contributed by atoms with van der Waals surface area (Å²) in [6.45, 7) is 6.78. The van der Waals surface area contributed by atoms with Gasteiger partial charge >= 0.3 is 16.2 Å². The van der Waals surface area contributed by atoms with Crippen LogP contribution in [0.15, 0.2) is 24.3 Å². The van der Waals surface area contributed by atoms with Crippen LogP contribution in [0.2, 0.25) is 10.0 Å². The molecule has 0 aliphatic heterocycles. The van der Waals surface area contributed by atoms with E-state index in [2.05, 4.69) is 16.2 Å². The highest BCUT2D eigenvalue weighted by Gasteiger charge is 2.28. The van der Waals surface area contributed by atoms with Gasteiger partial charge in [0.05, 0.1) is 18.9 Å². The van der Waals surface area contributed by atoms with Gasteiger partial charge in [0.1, 0.15) is 0 Å². The number of ether oxygens (including phenoxy) is 1. The third kappa shape index (κ3) is 8.18. The molecule has 2 aromatic rings. The fraction of sp³-hybridized carbons (Fsp3) is 0.524. The maximum absolute atomic E-state index is 12.4. The molecule has 2 rings (SSSR count). The Balaban J connectivity index is 2.45. The van der Waals surface area contributed by atoms with E-state index in [-0.39, 0.29) is 12.5 Å². The number of carbonyl (C=O) groups excluding carboxylic acids is 1. The smallest absolute Gasteiger partial charge is 0.420 e. The summed E-state index contributed by atoms with van der Waals surface area (Å²) in [6.07, 6.45) is 0.975. The third-order valence-electron chi connectivity index (χ3n) is 4.66. The molecule has 1 atom stereocenters. The first-order valence-corrected chi connectivity index (χ1v) is 12.7. The number of amides is 1. The summed E-state index contributed by atoms with van der Waals surface area (Å²) in [7, 11) is -4.19. The van der Waals surface area contributed by atoms with Gasteiger partial charge in [0.15, 0.2) is 0 Å². The highest BCUT2D eigenvalue weighted by Crippen LogP contribution is 2.31. The van der Waals surface area contributed by atoms with Crippen LogP contribution in [0.25, 0.3) is 0 Å². The van der Waals surface area contributed by atoms with Gasteiger partial charge in [0, 0.05) is 27.7 Å². The van der Waals surface area contributed by atoms with E-state index in [0.717, 1.165) is 18.4 Å². The summed E-state index contributed by atoms with van der Waals surface area (Å²) in [5.41, 5.74) is 6.32. The first kappa shape index (κ1) is 26.3. The van der Waals surface area contributed by atoms with Crippen LogP contribution < -0.4 is 10.5 Å². The molecule has 8 nitrogen and oxygen atoms in total. The average Bonchev–Trinajstić information content (AvgIpc) is 3.05. The molecule has 1 heterocycles. The second-order valence-corrected chi connectivity index (χ2v) is 10.4. The summed E-state index contributed by atoms with van der Waals surface area (Å²) >= 11 is 12.3. The minimum atomic E-state index is -4.19. The molecule has 2 N–H and O–H groups in total. The van der Waals surface area contributed by atoms with Gasteiger partial charge in [0.2, 0.25) is 5.88 Å². The molecule has 32 heavy (non-hydrogen) atoms. The SMILES string of the molecule is CCCCOc1cc(C(CC(C)C)CS(=O)(=O)OC(N)=O)n(Cc2ccc(Cl)cc2Cl)n1. The van der Waals surface area contributed by atoms with Crippen molar-refractivity contribution in [3.8, 4) is 5.88 Å². The fourth-order valence-electron chi connectivity index (χ4n) is 3.31. The number of unbranched alkanes of at least 4 members (excludes halogenated alkanes) is 1. The summed E-state index contributed by atoms with van der Waals surface area (Å²) in [4.78, 5) is 11.0. The number of nitrogens with two attached hydrogens (primary N) is 1. The molecular formula is C21H29Cl2N3O5S. The lowest BCUT2D eigenvalue weighted by Crippen LogP contribution is -2.25. The lowest BCUT2D eigenvalue weighted by Gasteiger charge is -2.20. The predicted octanol–water partition coefficient (Wildman–Crippen LogP) is 4.97. The standard InChI is InChI=1S/C21H29Cl2N3O5S/c1-4-5-8-30-20-11-19(16(9-14(2)3)13-32(28,29)31-21(24)27)26(25-20)12-15-6-7-17(22)10-18(15)23/h6-7,10-11,14,16H,4-5,8-9,12-13H2,1-3H3,(H2,24,27). The molecule has 0 fully saturated rings. The van der Waals surface area contributed by atoms with Crippen molar-refractivity contribution in [2.45, 2.75) is 52.5 Å². The van der Waals surface area contributed by atoms with Gasteiger partial charge < -0.3 is 14.7 Å². The van der Waals surface area contributed by atoms with E-state index in [1.54, 1.807) is 28.9 Å². The molecule has 1 aromatic carbocycles. The van der Waals surface area contributed by atoms with E-state index in [0.29, 0.717) is 34.6 Å². The molecule has 11 heteroatoms. The molecule has 178 valence electrons. The maximum atomic E-state index is 12.4. The minimum Gasteiger partial charge on any atom is -0.477 e. The lowest BCUT2D eigenvalue weighted by atomic mass is 9.95. The Labute approximate surface area is 199 Å². The third-order valence-corrected chi connectivity index (χ3v) is 6.48. The number of hydrogen-bond acceptors (Lipinski definition) is 6. The van der Waals surface area contributed by atoms with Crippen molar-refractivity contribution in [3.63, 3.8) is 0 Å². The van der Waals surface area contributed by atoms with Crippen molar-refractivity contribution in [1.29, 1.82) is 0 Å². The molecular weight excluding hydrogens is 477 g/mol. The first-order chi connectivity index (χ1) is 15.0. The van der Waals surface area contributed by atoms with E-state index in [1.807, 2.05) is 13.8 Å². The molecule has 1 unspecified atom stereocenters. The second-order valence-electron chi connectivity index (χ2n) is 7.96. The van der Waals surface area contributed by atoms with Gasteiger partial charge in [-0.3, -0.25) is 4.68 Å². The number of carbonyl (C=O) groups is 1. The zero-order chi connectivity index (χ0) is 23.9. The topological polar surface area (TPSA) is 114 Å². The van der Waals surface area contributed by atoms with Crippen molar-refractivity contribution in [3.05, 3.63) is 45.6 Å². The molecule has 0 saturated heterocycles. The number of benzene rings is 1. The van der Waals surface area contributed by atoms with Crippen LogP contribution in [0.1, 0.15) is 57.2 Å². The Morgan fingerprint density at radius 3 is 2.56 bits per heavy atom. The Hall–Kier alpha value is -1.97. The Bertz CT molecular complexity index is 1020. The van der Waals surface area contributed by atoms with Crippen LogP contribution in [-0.2, 0) is 20.8 Å². The fourth-order valence-corrected chi connectivity index (χ4v) is 4.90. The zero-order valence-electron chi connectivity index (χ0n) is 18.4. The molecule has 0 bridgehead atoms. The summed E-state index contributed by atoms with van der Waals surface area (Å²) in [5.74, 6) is -0.389. The molecule has 0 aliphatic rings. The van der Waals surface area contributed by atoms with Crippen LogP contribution in [0, 0.1) is 5.92 Å². The van der Waals surface area contributed by atoms with Crippen molar-refractivity contribution in [2.75, 3.05) is 12.4 Å². The largest absolute Gasteiger partial charge is 0.477 e. The van der Waals surface area contributed by atoms with Crippen molar-refractivity contribution in [2.24, 2.45) is 11.7 Å². The van der Waals surface area contributed by atoms with Crippen LogP contribution in [-0.4, -0.2) is 36.7 Å². The normalized spacial score (nSPS) is 12.7. The van der Waals surface area contributed by atoms with Gasteiger partial charge in [-0.2, -0.15) is 8.42 Å². The Kier molecular flexibility index (Phi) is 9.66. The zero-order valence-corrected chi connectivity index (χ0v) is 20.7. The van der Waals surface area contributed by atoms with Crippen LogP contribution >= 0.6 is 23.2 Å². The molecule has 1 amide bonds. The first-order valence-electron chi connectivity index (χ1n) is 10.4. The van der Waals surface area contributed by atoms with Crippen LogP contribution in [0.4, 0.5) is 4.79 Å². The molecule has 0 radical (unpaired) electrons. The predicted molar refractivity (Wildman–Crippen MR) is 125 cm³/mol. The van der Waals surface area contributed by atoms with E-state index < -0.39 is 27.9 Å². The monoisotopic (exact) mass is 505 g/mol. The number of hydrogen-bond donors (Lipinski definition) is 1. The van der Waals surface area contributed by atoms with Gasteiger partial charge in [-0.1, -0.05) is 56.5 Å². The summed E-state index contributed by atoms with van der Waals surface area (Å²) in [6, 6.07) is 6.88. The second kappa shape index (κ2) is 11.8. The van der Waals surface area contributed by atoms with Gasteiger partial charge in [0.25, 0.3) is 0 Å². The maximum Gasteiger partial charge on any atom is 0.420 e. The number of halogens is 2. The van der Waals surface area contributed by atoms with Gasteiger partial charge in [-0.25, -0.2) is 4.79 Å². The summed E-state index contributed by atoms with van der Waals surface area (Å²) < 4.78 is 36.5. The van der Waals surface area contributed by atoms with Crippen LogP contribution in [0.3, 0.4) is 0 Å². The lowest BCUT2D eigenvalue weighted by molar-refractivity contribution is 0.212. The molecule has 0 saturated carbocycles. The highest BCUT2D eigenvalue weighted by molar-refractivity contribution is 7.87. The number of primary amides is 1. The van der Waals surface area contributed by atoms with Crippen molar-refractivity contribution < 1.29 is 22.1 Å². The van der Waals surface area contributed by atoms with Crippen molar-refractivity contribution in [1.82, 2.24) is 9.78 Å². The minimum absolute atomic E-state index is 0.163. The molecule has 1 aromatic heterocycles. The summed E-state index contributed by atoms with van der Waals surface area (Å²) in [5, 5.41) is 5.52. The Morgan fingerprint density at radius 1 is 1.25 bits per heavy atom. The van der Waals surface area contributed by atoms with Gasteiger partial charge in [-0.15, -0.1) is 5.10 Å². The van der Waals surface area contributed by atoms with Gasteiger partial charge in [-0.05, 0) is 36.5 Å². The quantitative estimate of drug-likeness (QED) is 0.321. The van der Waals surface area contributed by atoms with E-state index in [1.165, 1.54) is 0 Å². The van der Waals surface area contributed by atoms with E-state index in [4.69, 9.17) is 33.7 Å².